The molecule has 3 unspecified atom stereocenters. The number of hydrogen-bond donors (Lipinski definition) is 0. The van der Waals surface area contributed by atoms with Crippen molar-refractivity contribution in [1.29, 1.82) is 0 Å². The van der Waals surface area contributed by atoms with Crippen molar-refractivity contribution in [3.05, 3.63) is 36.0 Å². The highest BCUT2D eigenvalue weighted by Gasteiger charge is 2.45. The van der Waals surface area contributed by atoms with Gasteiger partial charge in [0.15, 0.2) is 5.78 Å². The number of ketones is 1. The Morgan fingerprint density at radius 2 is 2.20 bits per heavy atom. The molecule has 0 spiro atoms. The van der Waals surface area contributed by atoms with Crippen LogP contribution in [0.2, 0.25) is 0 Å². The fourth-order valence-electron chi connectivity index (χ4n) is 2.85. The van der Waals surface area contributed by atoms with E-state index in [9.17, 15) is 9.59 Å². The second kappa shape index (κ2) is 5.78. The number of hydrogen-bond acceptors (Lipinski definition) is 3. The topological polar surface area (TPSA) is 43.4 Å². The van der Waals surface area contributed by atoms with E-state index >= 15 is 0 Å². The number of Topliss-reactive ketones (excluding diaryl/α,β-unsaturated/α-hetero) is 1. The number of carbonyl (C=O) groups is 2. The van der Waals surface area contributed by atoms with Gasteiger partial charge in [-0.3, -0.25) is 9.59 Å². The van der Waals surface area contributed by atoms with Gasteiger partial charge in [0.05, 0.1) is 12.3 Å². The number of ether oxygens (including phenoxy) is 1. The molecule has 3 atom stereocenters. The van der Waals surface area contributed by atoms with Crippen LogP contribution in [0.15, 0.2) is 36.0 Å². The quantitative estimate of drug-likeness (QED) is 0.551. The van der Waals surface area contributed by atoms with E-state index in [-0.39, 0.29) is 23.8 Å². The van der Waals surface area contributed by atoms with E-state index in [1.54, 1.807) is 6.08 Å². The molecule has 2 aliphatic carbocycles. The van der Waals surface area contributed by atoms with E-state index in [4.69, 9.17) is 4.74 Å². The SMILES string of the molecule is C=CCC1=C(C)C(OC(=O)C2CC2CC(=C)C)CC1=O. The lowest BCUT2D eigenvalue weighted by Crippen LogP contribution is -2.19. The lowest BCUT2D eigenvalue weighted by molar-refractivity contribution is -0.149. The van der Waals surface area contributed by atoms with E-state index in [1.807, 2.05) is 13.8 Å². The zero-order valence-electron chi connectivity index (χ0n) is 12.3. The third-order valence-electron chi connectivity index (χ3n) is 4.11. The first-order valence-corrected chi connectivity index (χ1v) is 7.12. The Balaban J connectivity index is 1.92. The Labute approximate surface area is 120 Å². The molecule has 2 aliphatic rings. The van der Waals surface area contributed by atoms with Gasteiger partial charge in [0.2, 0.25) is 0 Å². The highest BCUT2D eigenvalue weighted by Crippen LogP contribution is 2.44. The summed E-state index contributed by atoms with van der Waals surface area (Å²) in [7, 11) is 0. The number of rotatable bonds is 6. The van der Waals surface area contributed by atoms with Crippen LogP contribution in [0.4, 0.5) is 0 Å². The summed E-state index contributed by atoms with van der Waals surface area (Å²) in [6.45, 7) is 11.4. The molecule has 0 bridgehead atoms. The summed E-state index contributed by atoms with van der Waals surface area (Å²) in [5.41, 5.74) is 2.75. The Hall–Kier alpha value is -1.64. The van der Waals surface area contributed by atoms with Crippen LogP contribution in [-0.4, -0.2) is 17.9 Å². The molecule has 20 heavy (non-hydrogen) atoms. The van der Waals surface area contributed by atoms with Gasteiger partial charge in [0.1, 0.15) is 6.10 Å². The van der Waals surface area contributed by atoms with Gasteiger partial charge in [-0.05, 0) is 44.6 Å². The predicted molar refractivity (Wildman–Crippen MR) is 78.0 cm³/mol. The minimum Gasteiger partial charge on any atom is -0.457 e. The van der Waals surface area contributed by atoms with Crippen LogP contribution in [0, 0.1) is 11.8 Å². The van der Waals surface area contributed by atoms with Crippen LogP contribution >= 0.6 is 0 Å². The van der Waals surface area contributed by atoms with Crippen LogP contribution in [0.5, 0.6) is 0 Å². The van der Waals surface area contributed by atoms with Crippen molar-refractivity contribution in [2.45, 2.75) is 45.6 Å². The summed E-state index contributed by atoms with van der Waals surface area (Å²) in [6.07, 6.45) is 3.97. The van der Waals surface area contributed by atoms with E-state index < -0.39 is 0 Å². The first kappa shape index (κ1) is 14.8. The van der Waals surface area contributed by atoms with Crippen molar-refractivity contribution in [3.8, 4) is 0 Å². The third kappa shape index (κ3) is 3.09. The van der Waals surface area contributed by atoms with E-state index in [2.05, 4.69) is 13.2 Å². The standard InChI is InChI=1S/C17H22O3/c1-5-6-13-11(4)16(9-15(13)18)20-17(19)14-8-12(14)7-10(2)3/h5,12,14,16H,1-2,6-9H2,3-4H3. The maximum Gasteiger partial charge on any atom is 0.309 e. The highest BCUT2D eigenvalue weighted by atomic mass is 16.5. The molecule has 0 aromatic heterocycles. The Morgan fingerprint density at radius 1 is 1.50 bits per heavy atom. The zero-order valence-corrected chi connectivity index (χ0v) is 12.3. The van der Waals surface area contributed by atoms with Crippen LogP contribution in [-0.2, 0) is 14.3 Å². The van der Waals surface area contributed by atoms with Crippen molar-refractivity contribution in [1.82, 2.24) is 0 Å². The third-order valence-corrected chi connectivity index (χ3v) is 4.11. The average molecular weight is 274 g/mol. The van der Waals surface area contributed by atoms with Crippen LogP contribution in [0.25, 0.3) is 0 Å². The molecule has 3 heteroatoms. The molecule has 0 aromatic carbocycles. The Kier molecular flexibility index (Phi) is 4.26. The Bertz CT molecular complexity index is 498. The van der Waals surface area contributed by atoms with Crippen molar-refractivity contribution in [2.24, 2.45) is 11.8 Å². The van der Waals surface area contributed by atoms with Crippen molar-refractivity contribution in [3.63, 3.8) is 0 Å². The van der Waals surface area contributed by atoms with Gasteiger partial charge < -0.3 is 4.74 Å². The summed E-state index contributed by atoms with van der Waals surface area (Å²) >= 11 is 0. The van der Waals surface area contributed by atoms with Crippen LogP contribution in [0.1, 0.15) is 39.5 Å². The van der Waals surface area contributed by atoms with Gasteiger partial charge in [-0.15, -0.1) is 13.2 Å². The Morgan fingerprint density at radius 3 is 2.80 bits per heavy atom. The van der Waals surface area contributed by atoms with Crippen molar-refractivity contribution in [2.75, 3.05) is 0 Å². The number of carbonyl (C=O) groups excluding carboxylic acids is 2. The maximum atomic E-state index is 12.1. The van der Waals surface area contributed by atoms with Gasteiger partial charge in [0, 0.05) is 5.57 Å². The first-order chi connectivity index (χ1) is 9.43. The molecule has 0 aromatic rings. The summed E-state index contributed by atoms with van der Waals surface area (Å²) in [6, 6.07) is 0. The molecular weight excluding hydrogens is 252 g/mol. The first-order valence-electron chi connectivity index (χ1n) is 7.12. The summed E-state index contributed by atoms with van der Waals surface area (Å²) in [4.78, 5) is 23.9. The molecule has 108 valence electrons. The lowest BCUT2D eigenvalue weighted by atomic mass is 10.1. The smallest absolute Gasteiger partial charge is 0.309 e. The largest absolute Gasteiger partial charge is 0.457 e. The van der Waals surface area contributed by atoms with Crippen molar-refractivity contribution < 1.29 is 14.3 Å². The minimum absolute atomic E-state index is 0.00180. The van der Waals surface area contributed by atoms with Gasteiger partial charge >= 0.3 is 5.97 Å². The minimum atomic E-state index is -0.365. The fourth-order valence-corrected chi connectivity index (χ4v) is 2.85. The summed E-state index contributed by atoms with van der Waals surface area (Å²) in [5, 5.41) is 0. The van der Waals surface area contributed by atoms with Gasteiger partial charge in [0.25, 0.3) is 0 Å². The predicted octanol–water partition coefficient (Wildman–Crippen LogP) is 3.37. The summed E-state index contributed by atoms with van der Waals surface area (Å²) < 4.78 is 5.52. The molecule has 0 radical (unpaired) electrons. The molecule has 0 amide bonds. The van der Waals surface area contributed by atoms with E-state index in [0.29, 0.717) is 18.8 Å². The highest BCUT2D eigenvalue weighted by molar-refractivity contribution is 6.00. The zero-order chi connectivity index (χ0) is 14.9. The van der Waals surface area contributed by atoms with Crippen LogP contribution < -0.4 is 0 Å². The molecule has 0 heterocycles. The van der Waals surface area contributed by atoms with Crippen LogP contribution in [0.3, 0.4) is 0 Å². The van der Waals surface area contributed by atoms with Gasteiger partial charge in [-0.25, -0.2) is 0 Å². The molecule has 0 saturated heterocycles. The monoisotopic (exact) mass is 274 g/mol. The second-order valence-electron chi connectivity index (χ2n) is 5.97. The van der Waals surface area contributed by atoms with E-state index in [1.165, 1.54) is 0 Å². The van der Waals surface area contributed by atoms with Gasteiger partial charge in [-0.2, -0.15) is 0 Å². The number of esters is 1. The maximum absolute atomic E-state index is 12.1. The normalized spacial score (nSPS) is 28.5. The second-order valence-corrected chi connectivity index (χ2v) is 5.97. The molecule has 1 saturated carbocycles. The van der Waals surface area contributed by atoms with E-state index in [0.717, 1.165) is 29.6 Å². The molecule has 0 N–H and O–H groups in total. The average Bonchev–Trinajstić information content (AvgIpc) is 3.07. The molecule has 1 fully saturated rings. The number of allylic oxidation sites excluding steroid dienone is 3. The van der Waals surface area contributed by atoms with Gasteiger partial charge in [-0.1, -0.05) is 11.6 Å². The molecular formula is C17H22O3. The molecule has 0 aliphatic heterocycles. The molecule has 3 nitrogen and oxygen atoms in total. The lowest BCUT2D eigenvalue weighted by Gasteiger charge is -2.13. The van der Waals surface area contributed by atoms with Crippen molar-refractivity contribution >= 4 is 11.8 Å². The summed E-state index contributed by atoms with van der Waals surface area (Å²) in [5.74, 6) is 0.301. The molecule has 2 rings (SSSR count). The fraction of sp³-hybridized carbons (Fsp3) is 0.529.